The standard InChI is InChI=1S/C13H17NO5/c15-11-8-9-12(16)14(11)19-13(17)18-10-6-4-2-1-3-5-7-10/h4,6,10H,1-3,5,7-9H2/b6-4+. The molecule has 0 saturated carbocycles. The molecule has 0 radical (unpaired) electrons. The molecule has 0 aromatic rings. The summed E-state index contributed by atoms with van der Waals surface area (Å²) in [6, 6.07) is 0. The Morgan fingerprint density at radius 2 is 1.89 bits per heavy atom. The average molecular weight is 267 g/mol. The summed E-state index contributed by atoms with van der Waals surface area (Å²) < 4.78 is 5.09. The maximum Gasteiger partial charge on any atom is 0.534 e. The highest BCUT2D eigenvalue weighted by molar-refractivity contribution is 6.01. The molecule has 1 unspecified atom stereocenters. The Hall–Kier alpha value is -1.85. The minimum atomic E-state index is -1.00. The molecule has 0 N–H and O–H groups in total. The second-order valence-corrected chi connectivity index (χ2v) is 4.65. The van der Waals surface area contributed by atoms with Gasteiger partial charge in [-0.15, -0.1) is 0 Å². The maximum atomic E-state index is 11.5. The molecular weight excluding hydrogens is 250 g/mol. The van der Waals surface area contributed by atoms with Crippen LogP contribution < -0.4 is 0 Å². The molecule has 0 bridgehead atoms. The van der Waals surface area contributed by atoms with E-state index in [1.165, 1.54) is 0 Å². The number of rotatable bonds is 2. The van der Waals surface area contributed by atoms with Crippen LogP contribution in [0.5, 0.6) is 0 Å². The number of allylic oxidation sites excluding steroid dienone is 1. The lowest BCUT2D eigenvalue weighted by atomic mass is 10.0. The van der Waals surface area contributed by atoms with Gasteiger partial charge < -0.3 is 4.74 Å². The molecule has 6 heteroatoms. The Morgan fingerprint density at radius 1 is 1.16 bits per heavy atom. The van der Waals surface area contributed by atoms with Crippen molar-refractivity contribution < 1.29 is 24.0 Å². The van der Waals surface area contributed by atoms with Crippen LogP contribution in [0.25, 0.3) is 0 Å². The monoisotopic (exact) mass is 267 g/mol. The quantitative estimate of drug-likeness (QED) is 0.435. The average Bonchev–Trinajstić information content (AvgIpc) is 2.64. The molecule has 1 aliphatic heterocycles. The number of ether oxygens (including phenoxy) is 1. The number of hydrogen-bond donors (Lipinski definition) is 0. The Morgan fingerprint density at radius 3 is 2.63 bits per heavy atom. The van der Waals surface area contributed by atoms with Gasteiger partial charge in [-0.3, -0.25) is 14.4 Å². The van der Waals surface area contributed by atoms with E-state index in [0.29, 0.717) is 5.06 Å². The predicted octanol–water partition coefficient (Wildman–Crippen LogP) is 2.09. The number of carbonyl (C=O) groups excluding carboxylic acids is 3. The first kappa shape index (κ1) is 13.6. The third-order valence-corrected chi connectivity index (χ3v) is 3.13. The molecule has 1 saturated heterocycles. The second kappa shape index (κ2) is 6.36. The molecule has 1 heterocycles. The van der Waals surface area contributed by atoms with Gasteiger partial charge in [0.15, 0.2) is 0 Å². The smallest absolute Gasteiger partial charge is 0.425 e. The molecule has 1 atom stereocenters. The lowest BCUT2D eigenvalue weighted by Gasteiger charge is -2.17. The molecule has 0 aromatic heterocycles. The fourth-order valence-electron chi connectivity index (χ4n) is 2.10. The van der Waals surface area contributed by atoms with E-state index in [2.05, 4.69) is 4.84 Å². The zero-order valence-electron chi connectivity index (χ0n) is 10.7. The van der Waals surface area contributed by atoms with Crippen molar-refractivity contribution in [3.8, 4) is 0 Å². The molecule has 104 valence electrons. The molecule has 2 rings (SSSR count). The minimum absolute atomic E-state index is 0.0788. The molecule has 2 aliphatic rings. The van der Waals surface area contributed by atoms with Crippen molar-refractivity contribution in [2.45, 2.75) is 51.0 Å². The Labute approximate surface area is 111 Å². The van der Waals surface area contributed by atoms with Crippen LogP contribution in [-0.4, -0.2) is 29.1 Å². The van der Waals surface area contributed by atoms with E-state index in [-0.39, 0.29) is 18.9 Å². The summed E-state index contributed by atoms with van der Waals surface area (Å²) in [5.74, 6) is -1.01. The van der Waals surface area contributed by atoms with Gasteiger partial charge >= 0.3 is 6.16 Å². The summed E-state index contributed by atoms with van der Waals surface area (Å²) in [5.41, 5.74) is 0. The number of imide groups is 1. The second-order valence-electron chi connectivity index (χ2n) is 4.65. The van der Waals surface area contributed by atoms with E-state index in [0.717, 1.165) is 32.1 Å². The Bertz CT molecular complexity index is 388. The summed E-state index contributed by atoms with van der Waals surface area (Å²) in [6.07, 6.45) is 7.53. The predicted molar refractivity (Wildman–Crippen MR) is 64.7 cm³/mol. The van der Waals surface area contributed by atoms with Crippen molar-refractivity contribution in [1.29, 1.82) is 0 Å². The Kier molecular flexibility index (Phi) is 4.54. The molecule has 2 amide bonds. The molecule has 1 aliphatic carbocycles. The van der Waals surface area contributed by atoms with Crippen LogP contribution in [-0.2, 0) is 19.2 Å². The van der Waals surface area contributed by atoms with Gasteiger partial charge in [-0.2, -0.15) is 0 Å². The Balaban J connectivity index is 1.84. The van der Waals surface area contributed by atoms with E-state index >= 15 is 0 Å². The van der Waals surface area contributed by atoms with Gasteiger partial charge in [0.05, 0.1) is 0 Å². The van der Waals surface area contributed by atoms with Crippen molar-refractivity contribution >= 4 is 18.0 Å². The SMILES string of the molecule is O=C(OC1/C=C/CCCCC1)ON1C(=O)CCC1=O. The number of nitrogens with zero attached hydrogens (tertiary/aromatic N) is 1. The van der Waals surface area contributed by atoms with Crippen molar-refractivity contribution in [2.75, 3.05) is 0 Å². The lowest BCUT2D eigenvalue weighted by Crippen LogP contribution is -2.33. The van der Waals surface area contributed by atoms with Crippen LogP contribution >= 0.6 is 0 Å². The number of hydroxylamine groups is 2. The summed E-state index contributed by atoms with van der Waals surface area (Å²) in [7, 11) is 0. The summed E-state index contributed by atoms with van der Waals surface area (Å²) >= 11 is 0. The zero-order valence-corrected chi connectivity index (χ0v) is 10.7. The van der Waals surface area contributed by atoms with Gasteiger partial charge in [-0.1, -0.05) is 17.6 Å². The third kappa shape index (κ3) is 3.81. The fraction of sp³-hybridized carbons (Fsp3) is 0.615. The van der Waals surface area contributed by atoms with Crippen LogP contribution in [0.4, 0.5) is 4.79 Å². The third-order valence-electron chi connectivity index (χ3n) is 3.13. The minimum Gasteiger partial charge on any atom is -0.425 e. The zero-order chi connectivity index (χ0) is 13.7. The molecule has 6 nitrogen and oxygen atoms in total. The van der Waals surface area contributed by atoms with Crippen molar-refractivity contribution in [3.63, 3.8) is 0 Å². The topological polar surface area (TPSA) is 72.9 Å². The molecule has 0 aromatic carbocycles. The van der Waals surface area contributed by atoms with E-state index < -0.39 is 18.0 Å². The highest BCUT2D eigenvalue weighted by Gasteiger charge is 2.33. The first-order valence-corrected chi connectivity index (χ1v) is 6.58. The largest absolute Gasteiger partial charge is 0.534 e. The van der Waals surface area contributed by atoms with Crippen LogP contribution in [0.2, 0.25) is 0 Å². The van der Waals surface area contributed by atoms with Crippen LogP contribution in [0.15, 0.2) is 12.2 Å². The maximum absolute atomic E-state index is 11.5. The van der Waals surface area contributed by atoms with Crippen LogP contribution in [0.1, 0.15) is 44.9 Å². The van der Waals surface area contributed by atoms with Gasteiger partial charge in [0.2, 0.25) is 0 Å². The van der Waals surface area contributed by atoms with E-state index in [1.807, 2.05) is 12.2 Å². The first-order valence-electron chi connectivity index (χ1n) is 6.58. The molecule has 19 heavy (non-hydrogen) atoms. The van der Waals surface area contributed by atoms with E-state index in [4.69, 9.17) is 4.74 Å². The van der Waals surface area contributed by atoms with Gasteiger partial charge in [-0.05, 0) is 31.8 Å². The van der Waals surface area contributed by atoms with Gasteiger partial charge in [-0.25, -0.2) is 4.79 Å². The number of amides is 2. The molecule has 0 spiro atoms. The van der Waals surface area contributed by atoms with E-state index in [9.17, 15) is 14.4 Å². The lowest BCUT2D eigenvalue weighted by molar-refractivity contribution is -0.178. The summed E-state index contributed by atoms with van der Waals surface area (Å²) in [5, 5.41) is 0.495. The van der Waals surface area contributed by atoms with Crippen molar-refractivity contribution in [3.05, 3.63) is 12.2 Å². The highest BCUT2D eigenvalue weighted by Crippen LogP contribution is 2.16. The normalized spacial score (nSPS) is 25.7. The van der Waals surface area contributed by atoms with Crippen LogP contribution in [0, 0.1) is 0 Å². The van der Waals surface area contributed by atoms with E-state index in [1.54, 1.807) is 0 Å². The first-order chi connectivity index (χ1) is 9.16. The summed E-state index contributed by atoms with van der Waals surface area (Å²) in [4.78, 5) is 38.7. The van der Waals surface area contributed by atoms with Crippen molar-refractivity contribution in [2.24, 2.45) is 0 Å². The number of hydrogen-bond acceptors (Lipinski definition) is 5. The van der Waals surface area contributed by atoms with Gasteiger partial charge in [0.25, 0.3) is 11.8 Å². The van der Waals surface area contributed by atoms with Crippen molar-refractivity contribution in [1.82, 2.24) is 5.06 Å². The summed E-state index contributed by atoms with van der Waals surface area (Å²) in [6.45, 7) is 0. The molecule has 1 fully saturated rings. The molecular formula is C13H17NO5. The highest BCUT2D eigenvalue weighted by atomic mass is 16.8. The fourth-order valence-corrected chi connectivity index (χ4v) is 2.10. The van der Waals surface area contributed by atoms with Gasteiger partial charge in [0, 0.05) is 12.8 Å². The number of carbonyl (C=O) groups is 3. The van der Waals surface area contributed by atoms with Gasteiger partial charge in [0.1, 0.15) is 6.10 Å². The van der Waals surface area contributed by atoms with Crippen LogP contribution in [0.3, 0.4) is 0 Å².